The minimum atomic E-state index is 0. The molecular formula is C8H8NORbS. The van der Waals surface area contributed by atoms with Gasteiger partial charge >= 0.3 is 58.2 Å². The van der Waals surface area contributed by atoms with Gasteiger partial charge in [0.1, 0.15) is 5.78 Å². The molecule has 0 saturated heterocycles. The number of fused-ring (bicyclic) bond motifs is 1. The molecule has 0 amide bonds. The fraction of sp³-hybridized carbons (Fsp3) is 0.250. The molecule has 0 bridgehead atoms. The maximum absolute atomic E-state index is 11.2. The van der Waals surface area contributed by atoms with Crippen LogP contribution in [0.5, 0.6) is 0 Å². The smallest absolute Gasteiger partial charge is 0.398 e. The average molecular weight is 252 g/mol. The first-order chi connectivity index (χ1) is 5.29. The van der Waals surface area contributed by atoms with Gasteiger partial charge < -0.3 is 12.2 Å². The molecule has 0 spiro atoms. The maximum Gasteiger partial charge on any atom is 1.00 e. The number of ketones is 1. The number of hydrogen-bond acceptors (Lipinski definition) is 3. The molecule has 0 atom stereocenters. The van der Waals surface area contributed by atoms with Crippen molar-refractivity contribution in [1.29, 1.82) is 0 Å². The van der Waals surface area contributed by atoms with Gasteiger partial charge in [-0.2, -0.15) is 0 Å². The van der Waals surface area contributed by atoms with Crippen LogP contribution in [0.3, 0.4) is 0 Å². The van der Waals surface area contributed by atoms with E-state index in [1.807, 2.05) is 11.8 Å². The van der Waals surface area contributed by atoms with Crippen LogP contribution in [0.4, 0.5) is 5.69 Å². The van der Waals surface area contributed by atoms with Crippen LogP contribution in [0, 0.1) is 6.42 Å². The Hall–Kier alpha value is 0.975. The van der Waals surface area contributed by atoms with Crippen molar-refractivity contribution in [2.24, 2.45) is 0 Å². The Bertz CT molecular complexity index is 308. The van der Waals surface area contributed by atoms with Crippen LogP contribution in [-0.4, -0.2) is 5.78 Å². The van der Waals surface area contributed by atoms with Crippen LogP contribution in [0.25, 0.3) is 0 Å². The minimum Gasteiger partial charge on any atom is -0.398 e. The minimum absolute atomic E-state index is 0. The van der Waals surface area contributed by atoms with E-state index in [0.717, 1.165) is 22.5 Å². The van der Waals surface area contributed by atoms with Crippen LogP contribution in [0.15, 0.2) is 5.38 Å². The summed E-state index contributed by atoms with van der Waals surface area (Å²) < 4.78 is 0. The Balaban J connectivity index is 0.000000720. The Morgan fingerprint density at radius 1 is 1.50 bits per heavy atom. The zero-order valence-corrected chi connectivity index (χ0v) is 12.7. The van der Waals surface area contributed by atoms with E-state index in [0.29, 0.717) is 6.42 Å². The van der Waals surface area contributed by atoms with Crippen LogP contribution in [0.1, 0.15) is 21.7 Å². The van der Waals surface area contributed by atoms with Gasteiger partial charge in [0.2, 0.25) is 0 Å². The molecular weight excluding hydrogens is 244 g/mol. The number of thiophene rings is 1. The SMILES string of the molecule is Nc1csc2c1C[CH-]CC2=O.[Rb+]. The molecule has 0 radical (unpaired) electrons. The number of carbonyl (C=O) groups is 1. The maximum atomic E-state index is 11.2. The fourth-order valence-electron chi connectivity index (χ4n) is 1.28. The van der Waals surface area contributed by atoms with Gasteiger partial charge in [0.15, 0.2) is 0 Å². The Labute approximate surface area is 124 Å². The summed E-state index contributed by atoms with van der Waals surface area (Å²) in [4.78, 5) is 12.1. The van der Waals surface area contributed by atoms with Gasteiger partial charge in [-0.05, 0) is 5.56 Å². The van der Waals surface area contributed by atoms with Crippen molar-refractivity contribution < 1.29 is 63.0 Å². The van der Waals surface area contributed by atoms with Gasteiger partial charge in [0.05, 0.1) is 4.88 Å². The summed E-state index contributed by atoms with van der Waals surface area (Å²) in [5, 5.41) is 1.85. The summed E-state index contributed by atoms with van der Waals surface area (Å²) in [7, 11) is 0. The third kappa shape index (κ3) is 1.90. The number of hydrogen-bond donors (Lipinski definition) is 1. The summed E-state index contributed by atoms with van der Waals surface area (Å²) in [6.07, 6.45) is 3.41. The van der Waals surface area contributed by atoms with Gasteiger partial charge in [-0.25, -0.2) is 0 Å². The molecule has 1 heterocycles. The molecule has 2 N–H and O–H groups in total. The van der Waals surface area contributed by atoms with Gasteiger partial charge in [-0.1, -0.05) is 0 Å². The molecule has 2 nitrogen and oxygen atoms in total. The summed E-state index contributed by atoms with van der Waals surface area (Å²) in [6, 6.07) is 0. The fourth-order valence-corrected chi connectivity index (χ4v) is 2.23. The largest absolute Gasteiger partial charge is 1.00 e. The van der Waals surface area contributed by atoms with Crippen LogP contribution in [0.2, 0.25) is 0 Å². The van der Waals surface area contributed by atoms with Crippen LogP contribution in [-0.2, 0) is 6.42 Å². The number of nitrogens with two attached hydrogens (primary N) is 1. The van der Waals surface area contributed by atoms with Crippen molar-refractivity contribution in [2.45, 2.75) is 12.8 Å². The first kappa shape index (κ1) is 11.1. The molecule has 12 heavy (non-hydrogen) atoms. The van der Waals surface area contributed by atoms with E-state index < -0.39 is 0 Å². The third-order valence-corrected chi connectivity index (χ3v) is 2.94. The zero-order valence-electron chi connectivity index (χ0n) is 6.96. The van der Waals surface area contributed by atoms with E-state index in [-0.39, 0.29) is 64.0 Å². The number of carbonyl (C=O) groups excluding carboxylic acids is 1. The molecule has 58 valence electrons. The Kier molecular flexibility index (Phi) is 4.11. The van der Waals surface area contributed by atoms with Crippen LogP contribution < -0.4 is 63.9 Å². The number of rotatable bonds is 0. The van der Waals surface area contributed by atoms with Crippen molar-refractivity contribution in [2.75, 3.05) is 5.73 Å². The van der Waals surface area contributed by atoms with Crippen molar-refractivity contribution in [1.82, 2.24) is 0 Å². The Morgan fingerprint density at radius 2 is 2.25 bits per heavy atom. The summed E-state index contributed by atoms with van der Waals surface area (Å²) in [5.41, 5.74) is 7.47. The van der Waals surface area contributed by atoms with Crippen molar-refractivity contribution in [3.8, 4) is 0 Å². The second-order valence-corrected chi connectivity index (χ2v) is 3.50. The van der Waals surface area contributed by atoms with Crippen molar-refractivity contribution >= 4 is 22.8 Å². The van der Waals surface area contributed by atoms with Gasteiger partial charge in [0.25, 0.3) is 0 Å². The summed E-state index contributed by atoms with van der Waals surface area (Å²) >= 11 is 1.47. The molecule has 1 aliphatic rings. The molecule has 1 aromatic heterocycles. The second kappa shape index (κ2) is 4.46. The molecule has 0 saturated carbocycles. The van der Waals surface area contributed by atoms with E-state index in [2.05, 4.69) is 0 Å². The molecule has 0 unspecified atom stereocenters. The van der Waals surface area contributed by atoms with Gasteiger partial charge in [-0.3, -0.25) is 4.79 Å². The molecule has 0 aromatic carbocycles. The topological polar surface area (TPSA) is 43.1 Å². The number of Topliss-reactive ketones (excluding diaryl/α,β-unsaturated/α-hetero) is 1. The van der Waals surface area contributed by atoms with E-state index >= 15 is 0 Å². The monoisotopic (exact) mass is 251 g/mol. The van der Waals surface area contributed by atoms with Crippen LogP contribution >= 0.6 is 11.3 Å². The zero-order chi connectivity index (χ0) is 7.84. The predicted octanol–water partition coefficient (Wildman–Crippen LogP) is -1.33. The molecule has 0 aliphatic heterocycles. The van der Waals surface area contributed by atoms with Crippen molar-refractivity contribution in [3.05, 3.63) is 22.2 Å². The van der Waals surface area contributed by atoms with E-state index in [4.69, 9.17) is 5.73 Å². The molecule has 0 fully saturated rings. The third-order valence-electron chi connectivity index (χ3n) is 1.86. The predicted molar refractivity (Wildman–Crippen MR) is 45.7 cm³/mol. The molecule has 2 rings (SSSR count). The van der Waals surface area contributed by atoms with E-state index in [1.165, 1.54) is 11.3 Å². The molecule has 1 aromatic rings. The molecule has 1 aliphatic carbocycles. The molecule has 4 heteroatoms. The van der Waals surface area contributed by atoms with Gasteiger partial charge in [-0.15, -0.1) is 24.2 Å². The first-order valence-electron chi connectivity index (χ1n) is 3.49. The normalized spacial score (nSPS) is 15.2. The summed E-state index contributed by atoms with van der Waals surface area (Å²) in [6.45, 7) is 0. The van der Waals surface area contributed by atoms with E-state index in [1.54, 1.807) is 0 Å². The Morgan fingerprint density at radius 3 is 2.92 bits per heavy atom. The average Bonchev–Trinajstić information content (AvgIpc) is 2.35. The van der Waals surface area contributed by atoms with Crippen molar-refractivity contribution in [3.63, 3.8) is 0 Å². The quantitative estimate of drug-likeness (QED) is 0.581. The first-order valence-corrected chi connectivity index (χ1v) is 4.37. The second-order valence-electron chi connectivity index (χ2n) is 2.62. The number of anilines is 1. The summed E-state index contributed by atoms with van der Waals surface area (Å²) in [5.74, 6) is 0.216. The van der Waals surface area contributed by atoms with E-state index in [9.17, 15) is 4.79 Å². The van der Waals surface area contributed by atoms with Gasteiger partial charge in [0, 0.05) is 11.1 Å². The standard InChI is InChI=1S/C8H8NOS.Rb/c9-6-4-11-8-5(6)2-1-3-7(8)10;/h1,4H,2-3,9H2;/q-1;+1. The number of nitrogen functional groups attached to an aromatic ring is 1.